The quantitative estimate of drug-likeness (QED) is 0.630. The summed E-state index contributed by atoms with van der Waals surface area (Å²) in [6, 6.07) is 10.3. The van der Waals surface area contributed by atoms with Crippen molar-refractivity contribution < 1.29 is 13.2 Å². The molecular weight excluding hydrogens is 335 g/mol. The van der Waals surface area contributed by atoms with Crippen LogP contribution in [-0.2, 0) is 6.42 Å². The lowest BCUT2D eigenvalue weighted by Gasteiger charge is -2.25. The number of aromatic nitrogens is 1. The number of hydrogen-bond acceptors (Lipinski definition) is 1. The number of nitrogens with zero attached hydrogens (tertiary/aromatic N) is 1. The summed E-state index contributed by atoms with van der Waals surface area (Å²) < 4.78 is 39.9. The fourth-order valence-electron chi connectivity index (χ4n) is 3.82. The van der Waals surface area contributed by atoms with E-state index in [1.807, 2.05) is 30.4 Å². The van der Waals surface area contributed by atoms with Crippen molar-refractivity contribution in [2.75, 3.05) is 0 Å². The maximum absolute atomic E-state index is 13.8. The standard InChI is InChI=1S/C22H18F3N/c23-17-7-8-18-15(13-17)6-9-21-19(5-2-10-26-21)20(18)12-14-3-1-4-16(11-14)22(24)25/h1-5,7-8,10-13,15,18,22H,6,9H2/b20-12-. The zero-order valence-corrected chi connectivity index (χ0v) is 14.1. The van der Waals surface area contributed by atoms with Gasteiger partial charge in [-0.3, -0.25) is 4.98 Å². The lowest BCUT2D eigenvalue weighted by Crippen LogP contribution is -2.14. The fourth-order valence-corrected chi connectivity index (χ4v) is 3.82. The normalized spacial score (nSPS) is 23.4. The monoisotopic (exact) mass is 353 g/mol. The fraction of sp³-hybridized carbons (Fsp3) is 0.227. The van der Waals surface area contributed by atoms with Gasteiger partial charge in [-0.1, -0.05) is 36.4 Å². The zero-order chi connectivity index (χ0) is 18.1. The minimum Gasteiger partial charge on any atom is -0.261 e. The number of hydrogen-bond donors (Lipinski definition) is 0. The van der Waals surface area contributed by atoms with E-state index < -0.39 is 6.43 Å². The van der Waals surface area contributed by atoms with Gasteiger partial charge in [0.15, 0.2) is 0 Å². The van der Waals surface area contributed by atoms with Gasteiger partial charge in [0.2, 0.25) is 0 Å². The molecule has 0 amide bonds. The van der Waals surface area contributed by atoms with Gasteiger partial charge in [0.1, 0.15) is 5.83 Å². The number of pyridine rings is 1. The highest BCUT2D eigenvalue weighted by molar-refractivity contribution is 5.85. The number of alkyl halides is 2. The second-order valence-corrected chi connectivity index (χ2v) is 6.71. The van der Waals surface area contributed by atoms with Gasteiger partial charge in [0.25, 0.3) is 6.43 Å². The summed E-state index contributed by atoms with van der Waals surface area (Å²) in [5, 5.41) is 0. The Bertz CT molecular complexity index is 911. The van der Waals surface area contributed by atoms with E-state index in [2.05, 4.69) is 4.98 Å². The summed E-state index contributed by atoms with van der Waals surface area (Å²) >= 11 is 0. The molecule has 1 aromatic carbocycles. The van der Waals surface area contributed by atoms with Crippen LogP contribution >= 0.6 is 0 Å². The summed E-state index contributed by atoms with van der Waals surface area (Å²) in [4.78, 5) is 4.49. The number of benzene rings is 1. The van der Waals surface area contributed by atoms with Crippen molar-refractivity contribution in [2.45, 2.75) is 19.3 Å². The van der Waals surface area contributed by atoms with Crippen molar-refractivity contribution in [3.8, 4) is 0 Å². The second kappa shape index (κ2) is 6.94. The predicted octanol–water partition coefficient (Wildman–Crippen LogP) is 6.16. The third kappa shape index (κ3) is 3.24. The molecule has 0 aliphatic heterocycles. The Morgan fingerprint density at radius 2 is 2.04 bits per heavy atom. The summed E-state index contributed by atoms with van der Waals surface area (Å²) in [5.74, 6) is -0.168. The topological polar surface area (TPSA) is 12.9 Å². The van der Waals surface area contributed by atoms with E-state index in [-0.39, 0.29) is 23.2 Å². The lowest BCUT2D eigenvalue weighted by atomic mass is 9.79. The summed E-state index contributed by atoms with van der Waals surface area (Å²) in [5.41, 5.74) is 3.71. The minimum atomic E-state index is -2.50. The Morgan fingerprint density at radius 3 is 2.88 bits per heavy atom. The molecule has 132 valence electrons. The first-order chi connectivity index (χ1) is 12.6. The number of halogens is 3. The minimum absolute atomic E-state index is 0.000980. The van der Waals surface area contributed by atoms with E-state index in [1.165, 1.54) is 18.2 Å². The van der Waals surface area contributed by atoms with Gasteiger partial charge < -0.3 is 0 Å². The summed E-state index contributed by atoms with van der Waals surface area (Å²) in [7, 11) is 0. The highest BCUT2D eigenvalue weighted by Crippen LogP contribution is 2.42. The van der Waals surface area contributed by atoms with E-state index in [9.17, 15) is 13.2 Å². The van der Waals surface area contributed by atoms with Gasteiger partial charge in [0, 0.05) is 23.4 Å². The second-order valence-electron chi connectivity index (χ2n) is 6.71. The first kappa shape index (κ1) is 16.8. The average molecular weight is 353 g/mol. The van der Waals surface area contributed by atoms with Gasteiger partial charge in [-0.2, -0.15) is 0 Å². The Kier molecular flexibility index (Phi) is 4.49. The molecule has 0 fully saturated rings. The number of allylic oxidation sites excluding steroid dienone is 5. The Balaban J connectivity index is 1.85. The van der Waals surface area contributed by atoms with Crippen LogP contribution < -0.4 is 0 Å². The molecule has 1 nitrogen and oxygen atoms in total. The van der Waals surface area contributed by atoms with Gasteiger partial charge in [-0.15, -0.1) is 0 Å². The van der Waals surface area contributed by atoms with Crippen molar-refractivity contribution >= 4 is 11.6 Å². The molecule has 4 rings (SSSR count). The van der Waals surface area contributed by atoms with Crippen LogP contribution in [0.25, 0.3) is 11.6 Å². The van der Waals surface area contributed by atoms with E-state index in [0.717, 1.165) is 35.2 Å². The number of fused-ring (bicyclic) bond motifs is 2. The maximum atomic E-state index is 13.8. The van der Waals surface area contributed by atoms with E-state index in [1.54, 1.807) is 18.3 Å². The largest absolute Gasteiger partial charge is 0.263 e. The van der Waals surface area contributed by atoms with Gasteiger partial charge in [0.05, 0.1) is 0 Å². The molecule has 26 heavy (non-hydrogen) atoms. The SMILES string of the molecule is FC1=CC2CCc3ncccc3/C(=C\c3cccc(C(F)F)c3)C2C=C1. The first-order valence-electron chi connectivity index (χ1n) is 8.71. The van der Waals surface area contributed by atoms with Gasteiger partial charge >= 0.3 is 0 Å². The molecule has 0 spiro atoms. The third-order valence-corrected chi connectivity index (χ3v) is 5.06. The highest BCUT2D eigenvalue weighted by Gasteiger charge is 2.30. The van der Waals surface area contributed by atoms with Crippen LogP contribution in [0.1, 0.15) is 35.2 Å². The van der Waals surface area contributed by atoms with Crippen molar-refractivity contribution in [2.24, 2.45) is 11.8 Å². The Hall–Kier alpha value is -2.62. The van der Waals surface area contributed by atoms with Crippen molar-refractivity contribution in [1.82, 2.24) is 4.98 Å². The molecule has 0 radical (unpaired) electrons. The molecule has 2 aromatic rings. The van der Waals surface area contributed by atoms with Crippen LogP contribution in [0.15, 0.2) is 66.6 Å². The molecule has 0 saturated heterocycles. The Morgan fingerprint density at radius 1 is 1.15 bits per heavy atom. The highest BCUT2D eigenvalue weighted by atomic mass is 19.3. The predicted molar refractivity (Wildman–Crippen MR) is 97.1 cm³/mol. The maximum Gasteiger partial charge on any atom is 0.263 e. The molecular formula is C22H18F3N. The smallest absolute Gasteiger partial charge is 0.261 e. The molecule has 2 atom stereocenters. The van der Waals surface area contributed by atoms with Crippen molar-refractivity contribution in [3.05, 3.63) is 89.0 Å². The van der Waals surface area contributed by atoms with Gasteiger partial charge in [-0.25, -0.2) is 13.2 Å². The van der Waals surface area contributed by atoms with Crippen LogP contribution in [0.5, 0.6) is 0 Å². The van der Waals surface area contributed by atoms with Crippen LogP contribution in [0.2, 0.25) is 0 Å². The average Bonchev–Trinajstić information content (AvgIpc) is 2.79. The lowest BCUT2D eigenvalue weighted by molar-refractivity contribution is 0.151. The van der Waals surface area contributed by atoms with Crippen molar-refractivity contribution in [3.63, 3.8) is 0 Å². The molecule has 0 bridgehead atoms. The molecule has 2 aliphatic rings. The first-order valence-corrected chi connectivity index (χ1v) is 8.71. The van der Waals surface area contributed by atoms with Gasteiger partial charge in [-0.05, 0) is 59.7 Å². The van der Waals surface area contributed by atoms with Crippen molar-refractivity contribution in [1.29, 1.82) is 0 Å². The summed E-state index contributed by atoms with van der Waals surface area (Å²) in [6.45, 7) is 0. The zero-order valence-electron chi connectivity index (χ0n) is 14.1. The molecule has 0 N–H and O–H groups in total. The number of aryl methyl sites for hydroxylation is 1. The van der Waals surface area contributed by atoms with Crippen LogP contribution in [-0.4, -0.2) is 4.98 Å². The molecule has 2 unspecified atom stereocenters. The molecule has 1 heterocycles. The molecule has 1 aromatic heterocycles. The summed E-state index contributed by atoms with van der Waals surface area (Å²) in [6.07, 6.45) is 7.81. The number of rotatable bonds is 2. The molecule has 0 saturated carbocycles. The van der Waals surface area contributed by atoms with E-state index in [0.29, 0.717) is 0 Å². The molecule has 4 heteroatoms. The van der Waals surface area contributed by atoms with E-state index >= 15 is 0 Å². The van der Waals surface area contributed by atoms with Crippen LogP contribution in [0.3, 0.4) is 0 Å². The van der Waals surface area contributed by atoms with Crippen LogP contribution in [0, 0.1) is 11.8 Å². The Labute approximate surface area is 150 Å². The van der Waals surface area contributed by atoms with E-state index in [4.69, 9.17) is 0 Å². The van der Waals surface area contributed by atoms with Crippen LogP contribution in [0.4, 0.5) is 13.2 Å². The third-order valence-electron chi connectivity index (χ3n) is 5.06. The molecule has 2 aliphatic carbocycles.